The average molecular weight is 354 g/mol. The summed E-state index contributed by atoms with van der Waals surface area (Å²) in [6, 6.07) is 9.56. The molecule has 0 unspecified atom stereocenters. The van der Waals surface area contributed by atoms with Gasteiger partial charge in [0.05, 0.1) is 11.2 Å². The lowest BCUT2D eigenvalue weighted by atomic mass is 10.2. The second-order valence-corrected chi connectivity index (χ2v) is 7.26. The first-order chi connectivity index (χ1) is 11.6. The van der Waals surface area contributed by atoms with Gasteiger partial charge >= 0.3 is 0 Å². The van der Waals surface area contributed by atoms with Gasteiger partial charge in [0.1, 0.15) is 10.9 Å². The fraction of sp³-hybridized carbons (Fsp3) is 0.176. The van der Waals surface area contributed by atoms with Crippen LogP contribution in [0.2, 0.25) is 0 Å². The maximum absolute atomic E-state index is 12.3. The number of hydrogen-bond acceptors (Lipinski definition) is 6. The molecule has 0 aliphatic carbocycles. The van der Waals surface area contributed by atoms with Crippen molar-refractivity contribution in [3.63, 3.8) is 0 Å². The van der Waals surface area contributed by atoms with E-state index in [0.29, 0.717) is 5.75 Å². The van der Waals surface area contributed by atoms with Crippen molar-refractivity contribution in [3.05, 3.63) is 63.3 Å². The standard InChI is InChI=1S/C17H14N4OS2/c1-10-8-24-17-20-12(7-15(22)21(10)17)9-23-16-13-5-3-4-6-14(13)18-11(2)19-16/h3-8H,9H2,1-2H3. The number of thiazole rings is 1. The molecule has 4 aromatic rings. The van der Waals surface area contributed by atoms with Gasteiger partial charge in [-0.1, -0.05) is 30.0 Å². The van der Waals surface area contributed by atoms with Gasteiger partial charge in [-0.15, -0.1) is 11.3 Å². The zero-order valence-electron chi connectivity index (χ0n) is 13.2. The summed E-state index contributed by atoms with van der Waals surface area (Å²) in [7, 11) is 0. The molecular formula is C17H14N4OS2. The van der Waals surface area contributed by atoms with Crippen LogP contribution >= 0.6 is 23.1 Å². The molecule has 24 heavy (non-hydrogen) atoms. The van der Waals surface area contributed by atoms with Crippen LogP contribution in [0.15, 0.2) is 45.5 Å². The van der Waals surface area contributed by atoms with Crippen molar-refractivity contribution in [2.75, 3.05) is 0 Å². The number of para-hydroxylation sites is 1. The van der Waals surface area contributed by atoms with Crippen LogP contribution in [0.5, 0.6) is 0 Å². The summed E-state index contributed by atoms with van der Waals surface area (Å²) in [5.41, 5.74) is 2.60. The van der Waals surface area contributed by atoms with Crippen molar-refractivity contribution in [1.82, 2.24) is 19.4 Å². The predicted molar refractivity (Wildman–Crippen MR) is 97.9 cm³/mol. The molecule has 4 rings (SSSR count). The highest BCUT2D eigenvalue weighted by atomic mass is 32.2. The summed E-state index contributed by atoms with van der Waals surface area (Å²) in [4.78, 5) is 26.6. The Hall–Kier alpha value is -2.25. The molecule has 0 radical (unpaired) electrons. The fourth-order valence-electron chi connectivity index (χ4n) is 2.59. The van der Waals surface area contributed by atoms with E-state index < -0.39 is 0 Å². The Kier molecular flexibility index (Phi) is 3.82. The maximum Gasteiger partial charge on any atom is 0.258 e. The van der Waals surface area contributed by atoms with Crippen molar-refractivity contribution >= 4 is 39.0 Å². The van der Waals surface area contributed by atoms with Gasteiger partial charge in [0.2, 0.25) is 0 Å². The fourth-order valence-corrected chi connectivity index (χ4v) is 4.43. The van der Waals surface area contributed by atoms with E-state index in [4.69, 9.17) is 0 Å². The van der Waals surface area contributed by atoms with Crippen molar-refractivity contribution < 1.29 is 0 Å². The van der Waals surface area contributed by atoms with Crippen molar-refractivity contribution in [2.45, 2.75) is 24.6 Å². The Morgan fingerprint density at radius 1 is 1.17 bits per heavy atom. The number of fused-ring (bicyclic) bond motifs is 2. The number of nitrogens with zero attached hydrogens (tertiary/aromatic N) is 4. The third kappa shape index (κ3) is 2.70. The zero-order chi connectivity index (χ0) is 16.7. The highest BCUT2D eigenvalue weighted by molar-refractivity contribution is 7.98. The summed E-state index contributed by atoms with van der Waals surface area (Å²) in [6.07, 6.45) is 0. The van der Waals surface area contributed by atoms with E-state index in [0.717, 1.165) is 38.1 Å². The molecule has 0 bridgehead atoms. The van der Waals surface area contributed by atoms with Crippen LogP contribution < -0.4 is 5.56 Å². The molecule has 0 atom stereocenters. The Morgan fingerprint density at radius 2 is 2.00 bits per heavy atom. The lowest BCUT2D eigenvalue weighted by Crippen LogP contribution is -2.14. The molecular weight excluding hydrogens is 340 g/mol. The van der Waals surface area contributed by atoms with Gasteiger partial charge in [-0.3, -0.25) is 9.20 Å². The van der Waals surface area contributed by atoms with Gasteiger partial charge in [-0.2, -0.15) is 0 Å². The summed E-state index contributed by atoms with van der Waals surface area (Å²) in [6.45, 7) is 3.80. The van der Waals surface area contributed by atoms with Crippen LogP contribution in [0.1, 0.15) is 17.2 Å². The third-order valence-corrected chi connectivity index (χ3v) is 5.63. The van der Waals surface area contributed by atoms with Gasteiger partial charge < -0.3 is 0 Å². The smallest absolute Gasteiger partial charge is 0.258 e. The first-order valence-electron chi connectivity index (χ1n) is 7.45. The van der Waals surface area contributed by atoms with Crippen LogP contribution in [0.4, 0.5) is 0 Å². The first-order valence-corrected chi connectivity index (χ1v) is 9.31. The highest BCUT2D eigenvalue weighted by Crippen LogP contribution is 2.27. The summed E-state index contributed by atoms with van der Waals surface area (Å²) < 4.78 is 1.64. The quantitative estimate of drug-likeness (QED) is 0.415. The maximum atomic E-state index is 12.3. The average Bonchev–Trinajstić information content (AvgIpc) is 2.94. The molecule has 0 aliphatic heterocycles. The topological polar surface area (TPSA) is 60.2 Å². The van der Waals surface area contributed by atoms with Gasteiger partial charge in [-0.25, -0.2) is 15.0 Å². The second-order valence-electron chi connectivity index (χ2n) is 5.46. The molecule has 0 saturated carbocycles. The van der Waals surface area contributed by atoms with E-state index in [9.17, 15) is 4.79 Å². The largest absolute Gasteiger partial charge is 0.269 e. The first kappa shape index (κ1) is 15.3. The lowest BCUT2D eigenvalue weighted by molar-refractivity contribution is 0.991. The van der Waals surface area contributed by atoms with E-state index >= 15 is 0 Å². The van der Waals surface area contributed by atoms with Crippen molar-refractivity contribution in [3.8, 4) is 0 Å². The molecule has 5 nitrogen and oxygen atoms in total. The van der Waals surface area contributed by atoms with Crippen LogP contribution in [0.3, 0.4) is 0 Å². The summed E-state index contributed by atoms with van der Waals surface area (Å²) in [5, 5.41) is 3.89. The highest BCUT2D eigenvalue weighted by Gasteiger charge is 2.10. The number of aryl methyl sites for hydroxylation is 2. The molecule has 0 N–H and O–H groups in total. The van der Waals surface area contributed by atoms with Crippen molar-refractivity contribution in [1.29, 1.82) is 0 Å². The van der Waals surface area contributed by atoms with Crippen LogP contribution in [-0.4, -0.2) is 19.4 Å². The van der Waals surface area contributed by atoms with E-state index in [-0.39, 0.29) is 5.56 Å². The minimum Gasteiger partial charge on any atom is -0.269 e. The Labute approximate surface area is 146 Å². The van der Waals surface area contributed by atoms with Gasteiger partial charge in [0, 0.05) is 28.3 Å². The minimum absolute atomic E-state index is 0.0296. The molecule has 0 amide bonds. The molecule has 0 saturated heterocycles. The van der Waals surface area contributed by atoms with Gasteiger partial charge in [-0.05, 0) is 19.9 Å². The number of thioether (sulfide) groups is 1. The Morgan fingerprint density at radius 3 is 2.88 bits per heavy atom. The molecule has 120 valence electrons. The Balaban J connectivity index is 1.69. The zero-order valence-corrected chi connectivity index (χ0v) is 14.8. The molecule has 0 spiro atoms. The molecule has 0 fully saturated rings. The number of hydrogen-bond donors (Lipinski definition) is 0. The summed E-state index contributed by atoms with van der Waals surface area (Å²) in [5.74, 6) is 1.34. The third-order valence-electron chi connectivity index (χ3n) is 3.67. The van der Waals surface area contributed by atoms with E-state index in [2.05, 4.69) is 15.0 Å². The molecule has 7 heteroatoms. The van der Waals surface area contributed by atoms with Crippen LogP contribution in [0, 0.1) is 13.8 Å². The Bertz CT molecular complexity index is 1120. The molecule has 0 aliphatic rings. The molecule has 1 aromatic carbocycles. The van der Waals surface area contributed by atoms with Gasteiger partial charge in [0.15, 0.2) is 4.96 Å². The number of rotatable bonds is 3. The predicted octanol–water partition coefficient (Wildman–Crippen LogP) is 3.61. The number of aromatic nitrogens is 4. The normalized spacial score (nSPS) is 11.4. The molecule has 3 aromatic heterocycles. The van der Waals surface area contributed by atoms with Crippen molar-refractivity contribution in [2.24, 2.45) is 0 Å². The monoisotopic (exact) mass is 354 g/mol. The SMILES string of the molecule is Cc1nc(SCc2cc(=O)n3c(C)csc3n2)c2ccccc2n1. The van der Waals surface area contributed by atoms with E-state index in [1.165, 1.54) is 11.3 Å². The van der Waals surface area contributed by atoms with Crippen LogP contribution in [-0.2, 0) is 5.75 Å². The van der Waals surface area contributed by atoms with E-state index in [1.807, 2.05) is 43.5 Å². The number of benzene rings is 1. The van der Waals surface area contributed by atoms with Crippen LogP contribution in [0.25, 0.3) is 15.9 Å². The van der Waals surface area contributed by atoms with Gasteiger partial charge in [0.25, 0.3) is 5.56 Å². The van der Waals surface area contributed by atoms with E-state index in [1.54, 1.807) is 22.2 Å². The second kappa shape index (κ2) is 5.99. The molecule has 3 heterocycles. The minimum atomic E-state index is -0.0296. The summed E-state index contributed by atoms with van der Waals surface area (Å²) >= 11 is 3.07. The lowest BCUT2D eigenvalue weighted by Gasteiger charge is -2.06.